The van der Waals surface area contributed by atoms with Crippen LogP contribution in [-0.4, -0.2) is 36.2 Å². The van der Waals surface area contributed by atoms with Gasteiger partial charge in [0.25, 0.3) is 0 Å². The zero-order valence-electron chi connectivity index (χ0n) is 12.8. The highest BCUT2D eigenvalue weighted by Gasteiger charge is 2.37. The van der Waals surface area contributed by atoms with E-state index in [1.165, 1.54) is 12.1 Å². The minimum atomic E-state index is -0.511. The minimum absolute atomic E-state index is 0.128. The summed E-state index contributed by atoms with van der Waals surface area (Å²) < 4.78 is 18.4. The van der Waals surface area contributed by atoms with Gasteiger partial charge in [-0.1, -0.05) is 12.1 Å². The summed E-state index contributed by atoms with van der Waals surface area (Å²) >= 11 is 0. The summed E-state index contributed by atoms with van der Waals surface area (Å²) in [4.78, 5) is 13.8. The first-order chi connectivity index (χ1) is 9.80. The van der Waals surface area contributed by atoms with Crippen LogP contribution in [0.25, 0.3) is 0 Å². The van der Waals surface area contributed by atoms with Gasteiger partial charge in [-0.25, -0.2) is 9.18 Å². The van der Waals surface area contributed by atoms with E-state index in [1.807, 2.05) is 20.8 Å². The van der Waals surface area contributed by atoms with Crippen LogP contribution in [0.2, 0.25) is 0 Å². The molecule has 1 saturated heterocycles. The van der Waals surface area contributed by atoms with Crippen molar-refractivity contribution >= 4 is 6.09 Å². The first kappa shape index (κ1) is 15.8. The number of likely N-dealkylation sites (tertiary alicyclic amines) is 1. The monoisotopic (exact) mass is 294 g/mol. The van der Waals surface area contributed by atoms with Crippen LogP contribution < -0.4 is 5.73 Å². The highest BCUT2D eigenvalue weighted by atomic mass is 19.1. The van der Waals surface area contributed by atoms with Crippen LogP contribution in [0.15, 0.2) is 24.3 Å². The average molecular weight is 294 g/mol. The van der Waals surface area contributed by atoms with Crippen molar-refractivity contribution in [1.29, 1.82) is 0 Å². The molecule has 0 aliphatic carbocycles. The summed E-state index contributed by atoms with van der Waals surface area (Å²) in [7, 11) is 0. The number of amides is 1. The predicted octanol–water partition coefficient (Wildman–Crippen LogP) is 2.73. The first-order valence-electron chi connectivity index (χ1n) is 7.23. The van der Waals surface area contributed by atoms with Gasteiger partial charge in [-0.05, 0) is 50.9 Å². The molecule has 1 aromatic rings. The van der Waals surface area contributed by atoms with E-state index in [2.05, 4.69) is 0 Å². The standard InChI is InChI=1S/C16H23FN2O2/c1-16(2,3)21-15(20)19-9-12(8-18)14(10-19)11-4-6-13(17)7-5-11/h4-7,12,14H,8-10,18H2,1-3H3/t12-,14+/m1/s1. The molecule has 0 spiro atoms. The Hall–Kier alpha value is -1.62. The maximum Gasteiger partial charge on any atom is 0.410 e. The molecule has 0 radical (unpaired) electrons. The molecule has 1 heterocycles. The number of hydrogen-bond acceptors (Lipinski definition) is 3. The van der Waals surface area contributed by atoms with Crippen LogP contribution in [-0.2, 0) is 4.74 Å². The van der Waals surface area contributed by atoms with Gasteiger partial charge in [-0.2, -0.15) is 0 Å². The Kier molecular flexibility index (Phi) is 4.52. The Bertz CT molecular complexity index is 496. The van der Waals surface area contributed by atoms with Crippen molar-refractivity contribution in [3.05, 3.63) is 35.6 Å². The van der Waals surface area contributed by atoms with E-state index in [0.29, 0.717) is 19.6 Å². The third-order valence-corrected chi connectivity index (χ3v) is 3.69. The van der Waals surface area contributed by atoms with E-state index in [4.69, 9.17) is 10.5 Å². The summed E-state index contributed by atoms with van der Waals surface area (Å²) in [5.41, 5.74) is 6.33. The van der Waals surface area contributed by atoms with Crippen LogP contribution >= 0.6 is 0 Å². The molecule has 1 fully saturated rings. The zero-order valence-corrected chi connectivity index (χ0v) is 12.8. The molecule has 2 atom stereocenters. The van der Waals surface area contributed by atoms with E-state index in [9.17, 15) is 9.18 Å². The largest absolute Gasteiger partial charge is 0.444 e. The molecule has 0 bridgehead atoms. The van der Waals surface area contributed by atoms with Gasteiger partial charge in [0.15, 0.2) is 0 Å². The number of benzene rings is 1. The van der Waals surface area contributed by atoms with Gasteiger partial charge in [0.05, 0.1) is 0 Å². The lowest BCUT2D eigenvalue weighted by atomic mass is 9.89. The molecule has 0 saturated carbocycles. The number of hydrogen-bond donors (Lipinski definition) is 1. The quantitative estimate of drug-likeness (QED) is 0.912. The zero-order chi connectivity index (χ0) is 15.6. The topological polar surface area (TPSA) is 55.6 Å². The van der Waals surface area contributed by atoms with Crippen LogP contribution in [0.3, 0.4) is 0 Å². The molecule has 1 amide bonds. The number of nitrogens with zero attached hydrogens (tertiary/aromatic N) is 1. The molecule has 1 aliphatic rings. The number of carbonyl (C=O) groups excluding carboxylic acids is 1. The number of halogens is 1. The van der Waals surface area contributed by atoms with Crippen LogP contribution in [0.5, 0.6) is 0 Å². The van der Waals surface area contributed by atoms with Gasteiger partial charge in [0, 0.05) is 19.0 Å². The van der Waals surface area contributed by atoms with Crippen LogP contribution in [0, 0.1) is 11.7 Å². The van der Waals surface area contributed by atoms with Crippen molar-refractivity contribution in [2.75, 3.05) is 19.6 Å². The second kappa shape index (κ2) is 6.02. The second-order valence-corrected chi connectivity index (χ2v) is 6.54. The predicted molar refractivity (Wildman–Crippen MR) is 79.5 cm³/mol. The van der Waals surface area contributed by atoms with Crippen LogP contribution in [0.4, 0.5) is 9.18 Å². The molecule has 116 valence electrons. The SMILES string of the molecule is CC(C)(C)OC(=O)N1C[C@@H](CN)[C@H](c2ccc(F)cc2)C1. The van der Waals surface area contributed by atoms with Gasteiger partial charge < -0.3 is 15.4 Å². The van der Waals surface area contributed by atoms with Gasteiger partial charge in [0.1, 0.15) is 11.4 Å². The van der Waals surface area contributed by atoms with Gasteiger partial charge >= 0.3 is 6.09 Å². The maximum atomic E-state index is 13.0. The van der Waals surface area contributed by atoms with Crippen LogP contribution in [0.1, 0.15) is 32.3 Å². The first-order valence-corrected chi connectivity index (χ1v) is 7.23. The molecule has 0 aromatic heterocycles. The van der Waals surface area contributed by atoms with E-state index >= 15 is 0 Å². The Morgan fingerprint density at radius 2 is 1.95 bits per heavy atom. The summed E-state index contributed by atoms with van der Waals surface area (Å²) in [6.07, 6.45) is -0.314. The molecular weight excluding hydrogens is 271 g/mol. The molecule has 0 unspecified atom stereocenters. The molecular formula is C16H23FN2O2. The minimum Gasteiger partial charge on any atom is -0.444 e. The Morgan fingerprint density at radius 1 is 1.33 bits per heavy atom. The fourth-order valence-electron chi connectivity index (χ4n) is 2.67. The maximum absolute atomic E-state index is 13.0. The molecule has 2 N–H and O–H groups in total. The van der Waals surface area contributed by atoms with Crippen molar-refractivity contribution in [2.24, 2.45) is 11.7 Å². The molecule has 1 aromatic carbocycles. The summed E-state index contributed by atoms with van der Waals surface area (Å²) in [5.74, 6) is 0.0381. The molecule has 1 aliphatic heterocycles. The Morgan fingerprint density at radius 3 is 2.48 bits per heavy atom. The van der Waals surface area contributed by atoms with E-state index in [0.717, 1.165) is 5.56 Å². The average Bonchev–Trinajstić information content (AvgIpc) is 2.82. The lowest BCUT2D eigenvalue weighted by Gasteiger charge is -2.24. The van der Waals surface area contributed by atoms with Crippen molar-refractivity contribution in [3.8, 4) is 0 Å². The van der Waals surface area contributed by atoms with Crippen molar-refractivity contribution < 1.29 is 13.9 Å². The number of nitrogens with two attached hydrogens (primary N) is 1. The van der Waals surface area contributed by atoms with Gasteiger partial charge in [0.2, 0.25) is 0 Å². The molecule has 2 rings (SSSR count). The van der Waals surface area contributed by atoms with Crippen molar-refractivity contribution in [3.63, 3.8) is 0 Å². The van der Waals surface area contributed by atoms with E-state index in [1.54, 1.807) is 17.0 Å². The Balaban J connectivity index is 2.10. The smallest absolute Gasteiger partial charge is 0.410 e. The van der Waals surface area contributed by atoms with Gasteiger partial charge in [-0.3, -0.25) is 0 Å². The molecule has 4 nitrogen and oxygen atoms in total. The highest BCUT2D eigenvalue weighted by molar-refractivity contribution is 5.68. The van der Waals surface area contributed by atoms with E-state index in [-0.39, 0.29) is 23.7 Å². The normalized spacial score (nSPS) is 22.4. The van der Waals surface area contributed by atoms with Gasteiger partial charge in [-0.15, -0.1) is 0 Å². The number of carbonyl (C=O) groups is 1. The van der Waals surface area contributed by atoms with Crippen molar-refractivity contribution in [2.45, 2.75) is 32.3 Å². The number of rotatable bonds is 2. The second-order valence-electron chi connectivity index (χ2n) is 6.54. The van der Waals surface area contributed by atoms with E-state index < -0.39 is 5.60 Å². The Labute approximate surface area is 125 Å². The lowest BCUT2D eigenvalue weighted by molar-refractivity contribution is 0.0287. The summed E-state index contributed by atoms with van der Waals surface area (Å²) in [6.45, 7) is 7.16. The fourth-order valence-corrected chi connectivity index (χ4v) is 2.67. The molecule has 5 heteroatoms. The highest BCUT2D eigenvalue weighted by Crippen LogP contribution is 2.33. The lowest BCUT2D eigenvalue weighted by Crippen LogP contribution is -2.35. The number of ether oxygens (including phenoxy) is 1. The third-order valence-electron chi connectivity index (χ3n) is 3.69. The molecule has 21 heavy (non-hydrogen) atoms. The van der Waals surface area contributed by atoms with Crippen molar-refractivity contribution in [1.82, 2.24) is 4.90 Å². The summed E-state index contributed by atoms with van der Waals surface area (Å²) in [5, 5.41) is 0. The fraction of sp³-hybridized carbons (Fsp3) is 0.562. The third kappa shape index (κ3) is 3.94. The summed E-state index contributed by atoms with van der Waals surface area (Å²) in [6, 6.07) is 6.42.